The van der Waals surface area contributed by atoms with Crippen LogP contribution in [0.5, 0.6) is 0 Å². The first-order valence-corrected chi connectivity index (χ1v) is 7.46. The minimum Gasteiger partial charge on any atom is -0.480 e. The quantitative estimate of drug-likeness (QED) is 0.875. The second kappa shape index (κ2) is 7.21. The lowest BCUT2D eigenvalue weighted by atomic mass is 10.1. The van der Waals surface area contributed by atoms with E-state index in [4.69, 9.17) is 5.11 Å². The van der Waals surface area contributed by atoms with Crippen LogP contribution in [0.4, 0.5) is 4.39 Å². The highest BCUT2D eigenvalue weighted by Crippen LogP contribution is 2.15. The van der Waals surface area contributed by atoms with Gasteiger partial charge in [-0.15, -0.1) is 0 Å². The number of carboxylic acid groups (broad SMARTS) is 1. The Morgan fingerprint density at radius 3 is 2.78 bits per heavy atom. The predicted octanol–water partition coefficient (Wildman–Crippen LogP) is 1.33. The van der Waals surface area contributed by atoms with Gasteiger partial charge in [0.05, 0.1) is 0 Å². The van der Waals surface area contributed by atoms with Gasteiger partial charge in [-0.2, -0.15) is 0 Å². The van der Waals surface area contributed by atoms with E-state index < -0.39 is 29.6 Å². The molecule has 1 unspecified atom stereocenters. The van der Waals surface area contributed by atoms with Crippen LogP contribution in [0.25, 0.3) is 0 Å². The molecule has 1 fully saturated rings. The summed E-state index contributed by atoms with van der Waals surface area (Å²) in [7, 11) is 0. The molecule has 124 valence electrons. The maximum atomic E-state index is 13.1. The van der Waals surface area contributed by atoms with Gasteiger partial charge in [0.1, 0.15) is 18.4 Å². The number of carbonyl (C=O) groups is 3. The zero-order valence-corrected chi connectivity index (χ0v) is 12.8. The third-order valence-corrected chi connectivity index (χ3v) is 3.85. The van der Waals surface area contributed by atoms with Crippen LogP contribution in [-0.4, -0.2) is 46.9 Å². The highest BCUT2D eigenvalue weighted by Gasteiger charge is 2.29. The van der Waals surface area contributed by atoms with Crippen molar-refractivity contribution in [3.63, 3.8) is 0 Å². The first-order chi connectivity index (χ1) is 10.9. The van der Waals surface area contributed by atoms with E-state index in [0.717, 1.165) is 6.42 Å². The number of hydrogen-bond donors (Lipinski definition) is 2. The largest absolute Gasteiger partial charge is 0.480 e. The Bertz CT molecular complexity index is 633. The minimum atomic E-state index is -1.08. The number of carboxylic acids is 1. The summed E-state index contributed by atoms with van der Waals surface area (Å²) in [4.78, 5) is 36.8. The molecule has 1 aliphatic heterocycles. The molecule has 1 atom stereocenters. The van der Waals surface area contributed by atoms with Crippen LogP contribution in [0.3, 0.4) is 0 Å². The van der Waals surface area contributed by atoms with Crippen LogP contribution in [0, 0.1) is 12.7 Å². The summed E-state index contributed by atoms with van der Waals surface area (Å²) in [5, 5.41) is 11.5. The molecule has 0 saturated carbocycles. The van der Waals surface area contributed by atoms with Gasteiger partial charge in [-0.3, -0.25) is 14.4 Å². The van der Waals surface area contributed by atoms with E-state index in [0.29, 0.717) is 30.5 Å². The van der Waals surface area contributed by atoms with Crippen molar-refractivity contribution in [2.45, 2.75) is 32.2 Å². The molecule has 1 heterocycles. The van der Waals surface area contributed by atoms with Gasteiger partial charge in [0.2, 0.25) is 5.91 Å². The van der Waals surface area contributed by atoms with Gasteiger partial charge in [-0.05, 0) is 49.9 Å². The van der Waals surface area contributed by atoms with E-state index in [1.54, 1.807) is 6.92 Å². The Labute approximate surface area is 133 Å². The van der Waals surface area contributed by atoms with Gasteiger partial charge in [0, 0.05) is 12.1 Å². The topological polar surface area (TPSA) is 86.7 Å². The molecule has 7 heteroatoms. The summed E-state index contributed by atoms with van der Waals surface area (Å²) in [6, 6.07) is 3.05. The first-order valence-electron chi connectivity index (χ1n) is 7.46. The maximum absolute atomic E-state index is 13.1. The molecule has 1 aliphatic rings. The Balaban J connectivity index is 2.11. The molecule has 2 rings (SSSR count). The fraction of sp³-hybridized carbons (Fsp3) is 0.438. The number of nitrogens with one attached hydrogen (secondary N) is 1. The number of aryl methyl sites for hydroxylation is 1. The average molecular weight is 322 g/mol. The Morgan fingerprint density at radius 1 is 1.39 bits per heavy atom. The normalized spacial score (nSPS) is 18.4. The van der Waals surface area contributed by atoms with Gasteiger partial charge >= 0.3 is 5.97 Å². The lowest BCUT2D eigenvalue weighted by molar-refractivity contribution is -0.144. The van der Waals surface area contributed by atoms with Gasteiger partial charge in [-0.25, -0.2) is 4.39 Å². The Hall–Kier alpha value is -2.44. The number of halogens is 1. The van der Waals surface area contributed by atoms with Crippen LogP contribution >= 0.6 is 0 Å². The van der Waals surface area contributed by atoms with Crippen molar-refractivity contribution in [3.8, 4) is 0 Å². The third-order valence-electron chi connectivity index (χ3n) is 3.85. The van der Waals surface area contributed by atoms with Crippen molar-refractivity contribution < 1.29 is 23.9 Å². The number of amides is 2. The summed E-state index contributed by atoms with van der Waals surface area (Å²) in [5.41, 5.74) is 0.777. The van der Waals surface area contributed by atoms with Gasteiger partial charge in [-0.1, -0.05) is 0 Å². The van der Waals surface area contributed by atoms with Crippen LogP contribution in [0.1, 0.15) is 35.2 Å². The molecule has 2 N–H and O–H groups in total. The zero-order valence-electron chi connectivity index (χ0n) is 12.8. The van der Waals surface area contributed by atoms with Crippen LogP contribution in [0.2, 0.25) is 0 Å². The van der Waals surface area contributed by atoms with Crippen molar-refractivity contribution in [2.24, 2.45) is 0 Å². The lowest BCUT2D eigenvalue weighted by Crippen LogP contribution is -2.48. The summed E-state index contributed by atoms with van der Waals surface area (Å²) >= 11 is 0. The number of nitrogens with zero attached hydrogens (tertiary/aromatic N) is 1. The summed E-state index contributed by atoms with van der Waals surface area (Å²) in [6.45, 7) is 1.61. The molecule has 0 bridgehead atoms. The van der Waals surface area contributed by atoms with Crippen LogP contribution in [0.15, 0.2) is 18.2 Å². The first kappa shape index (κ1) is 16.9. The van der Waals surface area contributed by atoms with E-state index in [1.807, 2.05) is 0 Å². The van der Waals surface area contributed by atoms with Crippen molar-refractivity contribution in [1.29, 1.82) is 0 Å². The van der Waals surface area contributed by atoms with Crippen molar-refractivity contribution in [2.75, 3.05) is 13.1 Å². The second-order valence-corrected chi connectivity index (χ2v) is 5.63. The smallest absolute Gasteiger partial charge is 0.323 e. The van der Waals surface area contributed by atoms with Crippen LogP contribution in [-0.2, 0) is 9.59 Å². The molecule has 0 spiro atoms. The molecule has 0 aliphatic carbocycles. The SMILES string of the molecule is Cc1cc(F)ccc1C(=O)NC1CCCCN(CC(=O)O)C1=O. The zero-order chi connectivity index (χ0) is 17.0. The number of benzene rings is 1. The molecule has 6 nitrogen and oxygen atoms in total. The minimum absolute atomic E-state index is 0.299. The highest BCUT2D eigenvalue weighted by atomic mass is 19.1. The molecule has 0 aromatic heterocycles. The number of hydrogen-bond acceptors (Lipinski definition) is 3. The van der Waals surface area contributed by atoms with Crippen molar-refractivity contribution >= 4 is 17.8 Å². The fourth-order valence-electron chi connectivity index (χ4n) is 2.68. The third kappa shape index (κ3) is 4.28. The predicted molar refractivity (Wildman–Crippen MR) is 80.5 cm³/mol. The van der Waals surface area contributed by atoms with E-state index in [-0.39, 0.29) is 6.54 Å². The van der Waals surface area contributed by atoms with E-state index in [9.17, 15) is 18.8 Å². The van der Waals surface area contributed by atoms with Crippen LogP contribution < -0.4 is 5.32 Å². The molecule has 0 radical (unpaired) electrons. The monoisotopic (exact) mass is 322 g/mol. The van der Waals surface area contributed by atoms with E-state index >= 15 is 0 Å². The summed E-state index contributed by atoms with van der Waals surface area (Å²) < 4.78 is 13.1. The molecule has 1 aromatic rings. The highest BCUT2D eigenvalue weighted by molar-refractivity contribution is 5.99. The van der Waals surface area contributed by atoms with Gasteiger partial charge in [0.15, 0.2) is 0 Å². The maximum Gasteiger partial charge on any atom is 0.323 e. The van der Waals surface area contributed by atoms with Gasteiger partial charge in [0.25, 0.3) is 5.91 Å². The molecular weight excluding hydrogens is 303 g/mol. The molecule has 1 saturated heterocycles. The average Bonchev–Trinajstić information content (AvgIpc) is 2.62. The van der Waals surface area contributed by atoms with E-state index in [1.165, 1.54) is 23.1 Å². The number of carbonyl (C=O) groups excluding carboxylic acids is 2. The Kier molecular flexibility index (Phi) is 5.31. The fourth-order valence-corrected chi connectivity index (χ4v) is 2.68. The number of rotatable bonds is 4. The van der Waals surface area contributed by atoms with Gasteiger partial charge < -0.3 is 15.3 Å². The lowest BCUT2D eigenvalue weighted by Gasteiger charge is -2.23. The standard InChI is InChI=1S/C16H19FN2O4/c1-10-8-11(17)5-6-12(10)15(22)18-13-4-2-3-7-19(16(13)23)9-14(20)21/h5-6,8,13H,2-4,7,9H2,1H3,(H,18,22)(H,20,21). The molecule has 1 aromatic carbocycles. The number of likely N-dealkylation sites (tertiary alicyclic amines) is 1. The molecule has 2 amide bonds. The summed E-state index contributed by atoms with van der Waals surface area (Å²) in [5.74, 6) is -2.37. The van der Waals surface area contributed by atoms with Crippen molar-refractivity contribution in [1.82, 2.24) is 10.2 Å². The number of aliphatic carboxylic acids is 1. The molecular formula is C16H19FN2O4. The molecule has 23 heavy (non-hydrogen) atoms. The summed E-state index contributed by atoms with van der Waals surface area (Å²) in [6.07, 6.45) is 1.87. The second-order valence-electron chi connectivity index (χ2n) is 5.63. The van der Waals surface area contributed by atoms with Crippen molar-refractivity contribution in [3.05, 3.63) is 35.1 Å². The van der Waals surface area contributed by atoms with E-state index in [2.05, 4.69) is 5.32 Å². The Morgan fingerprint density at radius 2 is 2.13 bits per heavy atom.